The summed E-state index contributed by atoms with van der Waals surface area (Å²) in [6.45, 7) is 3.01. The van der Waals surface area contributed by atoms with Gasteiger partial charge in [0.2, 0.25) is 0 Å². The molecular weight excluding hydrogens is 244 g/mol. The molecule has 19 heavy (non-hydrogen) atoms. The second-order valence-corrected chi connectivity index (χ2v) is 5.64. The largest absolute Gasteiger partial charge is 0.480 e. The number of nitrogens with zero attached hydrogens (tertiary/aromatic N) is 2. The molecule has 0 radical (unpaired) electrons. The Morgan fingerprint density at radius 3 is 2.74 bits per heavy atom. The van der Waals surface area contributed by atoms with E-state index in [9.17, 15) is 14.7 Å². The predicted octanol–water partition coefficient (Wildman–Crippen LogP) is 1.39. The lowest BCUT2D eigenvalue weighted by Gasteiger charge is -2.35. The molecule has 1 aliphatic heterocycles. The lowest BCUT2D eigenvalue weighted by atomic mass is 10.00. The highest BCUT2D eigenvalue weighted by Crippen LogP contribution is 2.33. The summed E-state index contributed by atoms with van der Waals surface area (Å²) in [5.41, 5.74) is -1.09. The summed E-state index contributed by atoms with van der Waals surface area (Å²) in [7, 11) is 0. The summed E-state index contributed by atoms with van der Waals surface area (Å²) >= 11 is 0. The van der Waals surface area contributed by atoms with Crippen molar-refractivity contribution in [3.8, 4) is 12.3 Å². The van der Waals surface area contributed by atoms with Crippen LogP contribution in [0.5, 0.6) is 0 Å². The zero-order chi connectivity index (χ0) is 14.0. The fraction of sp³-hybridized carbons (Fsp3) is 0.714. The van der Waals surface area contributed by atoms with Gasteiger partial charge in [-0.3, -0.25) is 0 Å². The molecule has 1 N–H and O–H groups in total. The molecule has 0 spiro atoms. The van der Waals surface area contributed by atoms with Crippen LogP contribution < -0.4 is 0 Å². The molecule has 1 aliphatic carbocycles. The molecule has 2 aliphatic rings. The number of carboxylic acid groups (broad SMARTS) is 1. The highest BCUT2D eigenvalue weighted by molar-refractivity contribution is 5.86. The number of carboxylic acids is 1. The number of carbonyl (C=O) groups excluding carboxylic acids is 1. The van der Waals surface area contributed by atoms with Crippen LogP contribution in [0, 0.1) is 18.3 Å². The van der Waals surface area contributed by atoms with Crippen molar-refractivity contribution >= 4 is 12.0 Å². The second kappa shape index (κ2) is 5.12. The van der Waals surface area contributed by atoms with Crippen LogP contribution in [0.4, 0.5) is 4.79 Å². The van der Waals surface area contributed by atoms with Crippen molar-refractivity contribution in [2.75, 3.05) is 19.6 Å². The summed E-state index contributed by atoms with van der Waals surface area (Å²) in [5.74, 6) is 2.09. The lowest BCUT2D eigenvalue weighted by molar-refractivity contribution is -0.147. The maximum Gasteiger partial charge on any atom is 0.329 e. The monoisotopic (exact) mass is 264 g/mol. The van der Waals surface area contributed by atoms with Gasteiger partial charge in [-0.1, -0.05) is 5.92 Å². The van der Waals surface area contributed by atoms with Gasteiger partial charge in [0.15, 0.2) is 0 Å². The van der Waals surface area contributed by atoms with Gasteiger partial charge in [-0.25, -0.2) is 9.59 Å². The van der Waals surface area contributed by atoms with Crippen LogP contribution in [0.3, 0.4) is 0 Å². The number of carbonyl (C=O) groups is 2. The molecule has 1 saturated heterocycles. The van der Waals surface area contributed by atoms with E-state index in [0.717, 1.165) is 19.3 Å². The van der Waals surface area contributed by atoms with Crippen LogP contribution in [0.1, 0.15) is 32.6 Å². The van der Waals surface area contributed by atoms with Gasteiger partial charge in [0.25, 0.3) is 0 Å². The number of hydrogen-bond donors (Lipinski definition) is 1. The first-order chi connectivity index (χ1) is 8.99. The van der Waals surface area contributed by atoms with Crippen LogP contribution in [-0.4, -0.2) is 52.1 Å². The Balaban J connectivity index is 2.11. The van der Waals surface area contributed by atoms with Gasteiger partial charge in [-0.2, -0.15) is 0 Å². The molecule has 2 fully saturated rings. The summed E-state index contributed by atoms with van der Waals surface area (Å²) in [6, 6.07) is -0.229. The maximum absolute atomic E-state index is 12.5. The highest BCUT2D eigenvalue weighted by Gasteiger charge is 2.47. The Hall–Kier alpha value is -1.70. The van der Waals surface area contributed by atoms with E-state index >= 15 is 0 Å². The van der Waals surface area contributed by atoms with Gasteiger partial charge in [0.1, 0.15) is 5.54 Å². The molecule has 5 heteroatoms. The van der Waals surface area contributed by atoms with E-state index in [2.05, 4.69) is 5.92 Å². The number of urea groups is 1. The van der Waals surface area contributed by atoms with Crippen LogP contribution >= 0.6 is 0 Å². The molecule has 0 aromatic heterocycles. The smallest absolute Gasteiger partial charge is 0.329 e. The van der Waals surface area contributed by atoms with Crippen molar-refractivity contribution in [1.29, 1.82) is 0 Å². The third-order valence-electron chi connectivity index (χ3n) is 4.06. The van der Waals surface area contributed by atoms with E-state index in [4.69, 9.17) is 6.42 Å². The van der Waals surface area contributed by atoms with E-state index < -0.39 is 11.5 Å². The average Bonchev–Trinajstić information content (AvgIpc) is 3.09. The fourth-order valence-electron chi connectivity index (χ4n) is 2.60. The van der Waals surface area contributed by atoms with Gasteiger partial charge in [-0.15, -0.1) is 6.42 Å². The zero-order valence-corrected chi connectivity index (χ0v) is 11.3. The minimum absolute atomic E-state index is 0.229. The number of hydrogen-bond acceptors (Lipinski definition) is 2. The number of aliphatic carboxylic acids is 1. The summed E-state index contributed by atoms with van der Waals surface area (Å²) in [5, 5.41) is 9.34. The molecule has 0 bridgehead atoms. The quantitative estimate of drug-likeness (QED) is 0.781. The third-order valence-corrected chi connectivity index (χ3v) is 4.06. The molecule has 2 amide bonds. The van der Waals surface area contributed by atoms with Gasteiger partial charge in [0.05, 0.1) is 6.54 Å². The lowest BCUT2D eigenvalue weighted by Crippen LogP contribution is -2.55. The minimum atomic E-state index is -1.09. The summed E-state index contributed by atoms with van der Waals surface area (Å²) in [6.07, 6.45) is 8.80. The molecule has 1 atom stereocenters. The number of likely N-dealkylation sites (tertiary alicyclic amines) is 1. The number of terminal acetylenes is 1. The van der Waals surface area contributed by atoms with E-state index in [0.29, 0.717) is 25.4 Å². The van der Waals surface area contributed by atoms with Gasteiger partial charge in [0, 0.05) is 13.1 Å². The number of amides is 2. The van der Waals surface area contributed by atoms with Gasteiger partial charge >= 0.3 is 12.0 Å². The Bertz CT molecular complexity index is 425. The summed E-state index contributed by atoms with van der Waals surface area (Å²) < 4.78 is 0. The van der Waals surface area contributed by atoms with Gasteiger partial charge in [-0.05, 0) is 38.5 Å². The van der Waals surface area contributed by atoms with Crippen molar-refractivity contribution < 1.29 is 14.7 Å². The molecule has 1 heterocycles. The minimum Gasteiger partial charge on any atom is -0.480 e. The van der Waals surface area contributed by atoms with Gasteiger partial charge < -0.3 is 14.9 Å². The van der Waals surface area contributed by atoms with Crippen LogP contribution in [0.2, 0.25) is 0 Å². The van der Waals surface area contributed by atoms with Crippen molar-refractivity contribution in [1.82, 2.24) is 9.80 Å². The Kier molecular flexibility index (Phi) is 3.70. The third kappa shape index (κ3) is 2.67. The van der Waals surface area contributed by atoms with E-state index in [-0.39, 0.29) is 12.6 Å². The predicted molar refractivity (Wildman–Crippen MR) is 70.5 cm³/mol. The molecule has 2 rings (SSSR count). The van der Waals surface area contributed by atoms with Crippen molar-refractivity contribution in [3.05, 3.63) is 0 Å². The SMILES string of the molecule is C#CCN(CC1CC1)C(=O)N1CCCC1(C)C(=O)O. The van der Waals surface area contributed by atoms with E-state index in [1.54, 1.807) is 11.8 Å². The molecule has 0 aromatic carbocycles. The molecule has 1 saturated carbocycles. The first-order valence-corrected chi connectivity index (χ1v) is 6.72. The Morgan fingerprint density at radius 1 is 1.53 bits per heavy atom. The fourth-order valence-corrected chi connectivity index (χ4v) is 2.60. The molecule has 104 valence electrons. The topological polar surface area (TPSA) is 60.9 Å². The maximum atomic E-state index is 12.5. The Labute approximate surface area is 113 Å². The first kappa shape index (κ1) is 13.7. The zero-order valence-electron chi connectivity index (χ0n) is 11.3. The molecule has 0 aromatic rings. The second-order valence-electron chi connectivity index (χ2n) is 5.64. The Morgan fingerprint density at radius 2 is 2.21 bits per heavy atom. The normalized spacial score (nSPS) is 26.0. The molecular formula is C14H20N2O3. The van der Waals surface area contributed by atoms with Crippen LogP contribution in [0.15, 0.2) is 0 Å². The van der Waals surface area contributed by atoms with Crippen molar-refractivity contribution in [2.24, 2.45) is 5.92 Å². The first-order valence-electron chi connectivity index (χ1n) is 6.72. The van der Waals surface area contributed by atoms with E-state index in [1.807, 2.05) is 0 Å². The summed E-state index contributed by atoms with van der Waals surface area (Å²) in [4.78, 5) is 27.0. The highest BCUT2D eigenvalue weighted by atomic mass is 16.4. The van der Waals surface area contributed by atoms with Crippen molar-refractivity contribution in [3.63, 3.8) is 0 Å². The standard InChI is InChI=1S/C14H20N2O3/c1-3-8-15(10-11-5-6-11)13(19)16-9-4-7-14(16,2)12(17)18/h1,11H,4-10H2,2H3,(H,17,18). The average molecular weight is 264 g/mol. The van der Waals surface area contributed by atoms with Crippen molar-refractivity contribution in [2.45, 2.75) is 38.1 Å². The van der Waals surface area contributed by atoms with Crippen LogP contribution in [0.25, 0.3) is 0 Å². The molecule has 5 nitrogen and oxygen atoms in total. The van der Waals surface area contributed by atoms with E-state index in [1.165, 1.54) is 4.90 Å². The molecule has 1 unspecified atom stereocenters. The van der Waals surface area contributed by atoms with Crippen LogP contribution in [-0.2, 0) is 4.79 Å². The number of rotatable bonds is 4.